The van der Waals surface area contributed by atoms with Crippen molar-refractivity contribution < 1.29 is 13.9 Å². The third kappa shape index (κ3) is 4.55. The van der Waals surface area contributed by atoms with Gasteiger partial charge in [-0.2, -0.15) is 0 Å². The molecule has 1 amide bonds. The summed E-state index contributed by atoms with van der Waals surface area (Å²) in [5.41, 5.74) is 2.54. The summed E-state index contributed by atoms with van der Waals surface area (Å²) in [5.74, 6) is 0.301. The number of carbonyl (C=O) groups is 1. The number of ether oxygens (including phenoxy) is 1. The molecule has 3 nitrogen and oxygen atoms in total. The predicted molar refractivity (Wildman–Crippen MR) is 90.4 cm³/mol. The number of hydrogen-bond acceptors (Lipinski definition) is 2. The Morgan fingerprint density at radius 1 is 1.13 bits per heavy atom. The number of anilines is 1. The number of nitrogens with one attached hydrogen (secondary N) is 1. The Morgan fingerprint density at radius 3 is 2.52 bits per heavy atom. The first kappa shape index (κ1) is 17.0. The molecule has 122 valence electrons. The minimum Gasteiger partial charge on any atom is -0.481 e. The van der Waals surface area contributed by atoms with Crippen molar-refractivity contribution in [3.05, 3.63) is 59.4 Å². The maximum atomic E-state index is 13.2. The quantitative estimate of drug-likeness (QED) is 0.871. The van der Waals surface area contributed by atoms with E-state index >= 15 is 0 Å². The summed E-state index contributed by atoms with van der Waals surface area (Å²) in [6, 6.07) is 11.8. The third-order valence-corrected chi connectivity index (χ3v) is 3.56. The highest BCUT2D eigenvalue weighted by atomic mass is 19.1. The summed E-state index contributed by atoms with van der Waals surface area (Å²) in [7, 11) is 0. The topological polar surface area (TPSA) is 38.3 Å². The maximum Gasteiger partial charge on any atom is 0.265 e. The zero-order chi connectivity index (χ0) is 17.0. The van der Waals surface area contributed by atoms with Crippen LogP contribution in [0.25, 0.3) is 0 Å². The molecule has 0 fully saturated rings. The summed E-state index contributed by atoms with van der Waals surface area (Å²) in [6.07, 6.45) is -0.683. The van der Waals surface area contributed by atoms with Crippen LogP contribution in [0.5, 0.6) is 5.75 Å². The van der Waals surface area contributed by atoms with Gasteiger partial charge in [0.05, 0.1) is 0 Å². The summed E-state index contributed by atoms with van der Waals surface area (Å²) < 4.78 is 19.0. The van der Waals surface area contributed by atoms with Crippen LogP contribution in [-0.4, -0.2) is 12.0 Å². The van der Waals surface area contributed by atoms with Crippen molar-refractivity contribution >= 4 is 11.6 Å². The second kappa shape index (κ2) is 7.27. The maximum absolute atomic E-state index is 13.2. The Hall–Kier alpha value is -2.36. The average Bonchev–Trinajstić information content (AvgIpc) is 2.46. The Morgan fingerprint density at radius 2 is 1.87 bits per heavy atom. The fourth-order valence-electron chi connectivity index (χ4n) is 2.27. The van der Waals surface area contributed by atoms with Gasteiger partial charge in [-0.25, -0.2) is 4.39 Å². The molecule has 4 heteroatoms. The normalized spacial score (nSPS) is 12.1. The molecule has 2 aromatic rings. The fraction of sp³-hybridized carbons (Fsp3) is 0.316. The Bertz CT molecular complexity index is 698. The monoisotopic (exact) mass is 315 g/mol. The summed E-state index contributed by atoms with van der Waals surface area (Å²) in [6.45, 7) is 7.82. The number of halogens is 1. The van der Waals surface area contributed by atoms with Gasteiger partial charge < -0.3 is 10.1 Å². The molecule has 0 spiro atoms. The fourth-order valence-corrected chi connectivity index (χ4v) is 2.27. The van der Waals surface area contributed by atoms with Gasteiger partial charge in [0.1, 0.15) is 11.6 Å². The number of carbonyl (C=O) groups excluding carboxylic acids is 1. The van der Waals surface area contributed by atoms with Gasteiger partial charge in [0.2, 0.25) is 0 Å². The van der Waals surface area contributed by atoms with Crippen molar-refractivity contribution in [1.29, 1.82) is 0 Å². The Kier molecular flexibility index (Phi) is 5.37. The number of amides is 1. The van der Waals surface area contributed by atoms with E-state index in [2.05, 4.69) is 19.2 Å². The van der Waals surface area contributed by atoms with Crippen LogP contribution in [0.4, 0.5) is 10.1 Å². The number of benzene rings is 2. The van der Waals surface area contributed by atoms with E-state index in [1.54, 1.807) is 19.1 Å². The van der Waals surface area contributed by atoms with Crippen LogP contribution < -0.4 is 10.1 Å². The van der Waals surface area contributed by atoms with Gasteiger partial charge >= 0.3 is 0 Å². The number of rotatable bonds is 5. The first-order valence-corrected chi connectivity index (χ1v) is 7.70. The highest BCUT2D eigenvalue weighted by Crippen LogP contribution is 2.28. The molecule has 0 aromatic heterocycles. The lowest BCUT2D eigenvalue weighted by molar-refractivity contribution is -0.122. The van der Waals surface area contributed by atoms with E-state index in [4.69, 9.17) is 4.74 Å². The van der Waals surface area contributed by atoms with Crippen molar-refractivity contribution in [1.82, 2.24) is 0 Å². The Labute approximate surface area is 136 Å². The lowest BCUT2D eigenvalue weighted by atomic mass is 10.0. The molecule has 0 saturated carbocycles. The first-order chi connectivity index (χ1) is 10.9. The van der Waals surface area contributed by atoms with Gasteiger partial charge in [0.25, 0.3) is 5.91 Å². The molecule has 0 aliphatic carbocycles. The van der Waals surface area contributed by atoms with Crippen LogP contribution in [0.3, 0.4) is 0 Å². The van der Waals surface area contributed by atoms with Crippen LogP contribution in [-0.2, 0) is 4.79 Å². The molecule has 0 aliphatic heterocycles. The van der Waals surface area contributed by atoms with E-state index in [1.165, 1.54) is 12.1 Å². The molecule has 1 N–H and O–H groups in total. The van der Waals surface area contributed by atoms with E-state index in [9.17, 15) is 9.18 Å². The molecule has 0 radical (unpaired) electrons. The number of aryl methyl sites for hydroxylation is 1. The van der Waals surface area contributed by atoms with Crippen LogP contribution >= 0.6 is 0 Å². The molecule has 1 atom stereocenters. The van der Waals surface area contributed by atoms with Crippen LogP contribution in [0.1, 0.15) is 37.8 Å². The van der Waals surface area contributed by atoms with Gasteiger partial charge in [0.15, 0.2) is 6.10 Å². The SMILES string of the molecule is Cc1ccc(C(C)C)c(O[C@H](C)C(=O)Nc2cccc(F)c2)c1. The van der Waals surface area contributed by atoms with Crippen molar-refractivity contribution in [2.75, 3.05) is 5.32 Å². The van der Waals surface area contributed by atoms with Gasteiger partial charge in [-0.1, -0.05) is 32.0 Å². The van der Waals surface area contributed by atoms with Crippen molar-refractivity contribution in [2.45, 2.75) is 39.7 Å². The highest BCUT2D eigenvalue weighted by molar-refractivity contribution is 5.94. The van der Waals surface area contributed by atoms with Gasteiger partial charge in [-0.3, -0.25) is 4.79 Å². The van der Waals surface area contributed by atoms with Gasteiger partial charge in [-0.05, 0) is 55.2 Å². The van der Waals surface area contributed by atoms with E-state index < -0.39 is 11.9 Å². The van der Waals surface area contributed by atoms with Crippen molar-refractivity contribution in [2.24, 2.45) is 0 Å². The lowest BCUT2D eigenvalue weighted by Crippen LogP contribution is -2.30. The van der Waals surface area contributed by atoms with E-state index in [-0.39, 0.29) is 5.91 Å². The van der Waals surface area contributed by atoms with E-state index in [0.717, 1.165) is 11.1 Å². The molecule has 0 saturated heterocycles. The second-order valence-corrected chi connectivity index (χ2v) is 5.96. The minimum absolute atomic E-state index is 0.295. The largest absolute Gasteiger partial charge is 0.481 e. The third-order valence-electron chi connectivity index (χ3n) is 3.56. The smallest absolute Gasteiger partial charge is 0.265 e. The molecule has 0 aliphatic rings. The molecule has 23 heavy (non-hydrogen) atoms. The zero-order valence-electron chi connectivity index (χ0n) is 13.9. The first-order valence-electron chi connectivity index (χ1n) is 7.70. The molecule has 2 rings (SSSR count). The summed E-state index contributed by atoms with van der Waals surface area (Å²) >= 11 is 0. The van der Waals surface area contributed by atoms with E-state index in [0.29, 0.717) is 17.4 Å². The van der Waals surface area contributed by atoms with E-state index in [1.807, 2.05) is 25.1 Å². The minimum atomic E-state index is -0.683. The van der Waals surface area contributed by atoms with Gasteiger partial charge in [0, 0.05) is 5.69 Å². The molecular weight excluding hydrogens is 293 g/mol. The highest BCUT2D eigenvalue weighted by Gasteiger charge is 2.18. The van der Waals surface area contributed by atoms with Crippen LogP contribution in [0.15, 0.2) is 42.5 Å². The van der Waals surface area contributed by atoms with Crippen LogP contribution in [0.2, 0.25) is 0 Å². The van der Waals surface area contributed by atoms with Crippen LogP contribution in [0, 0.1) is 12.7 Å². The zero-order valence-corrected chi connectivity index (χ0v) is 13.9. The molecular formula is C19H22FNO2. The summed E-state index contributed by atoms with van der Waals surface area (Å²) in [4.78, 5) is 12.2. The number of hydrogen-bond donors (Lipinski definition) is 1. The summed E-state index contributed by atoms with van der Waals surface area (Å²) in [5, 5.41) is 2.66. The molecule has 0 heterocycles. The van der Waals surface area contributed by atoms with Crippen molar-refractivity contribution in [3.63, 3.8) is 0 Å². The molecule has 0 unspecified atom stereocenters. The lowest BCUT2D eigenvalue weighted by Gasteiger charge is -2.19. The van der Waals surface area contributed by atoms with Crippen molar-refractivity contribution in [3.8, 4) is 5.75 Å². The average molecular weight is 315 g/mol. The van der Waals surface area contributed by atoms with Gasteiger partial charge in [-0.15, -0.1) is 0 Å². The molecule has 2 aromatic carbocycles. The Balaban J connectivity index is 2.11. The molecule has 0 bridgehead atoms. The predicted octanol–water partition coefficient (Wildman–Crippen LogP) is 4.66. The standard InChI is InChI=1S/C19H22FNO2/c1-12(2)17-9-8-13(3)10-18(17)23-14(4)19(22)21-16-7-5-6-15(20)11-16/h5-12,14H,1-4H3,(H,21,22)/t14-/m1/s1. The second-order valence-electron chi connectivity index (χ2n) is 5.96.